The SMILES string of the molecule is O=Cc1cc(Cl)cc(Cl)c1OCC(=O)Nc1cccc2ccccc12. The number of carbonyl (C=O) groups is 2. The summed E-state index contributed by atoms with van der Waals surface area (Å²) in [7, 11) is 0. The Hall–Kier alpha value is -2.56. The number of hydrogen-bond acceptors (Lipinski definition) is 3. The smallest absolute Gasteiger partial charge is 0.262 e. The summed E-state index contributed by atoms with van der Waals surface area (Å²) in [6, 6.07) is 16.2. The van der Waals surface area contributed by atoms with Crippen molar-refractivity contribution in [1.82, 2.24) is 0 Å². The number of carbonyl (C=O) groups excluding carboxylic acids is 2. The third-order valence-electron chi connectivity index (χ3n) is 3.58. The summed E-state index contributed by atoms with van der Waals surface area (Å²) in [5.74, 6) is -0.228. The topological polar surface area (TPSA) is 55.4 Å². The van der Waals surface area contributed by atoms with Crippen molar-refractivity contribution in [2.75, 3.05) is 11.9 Å². The number of benzene rings is 3. The molecule has 0 unspecified atom stereocenters. The van der Waals surface area contributed by atoms with E-state index in [1.807, 2.05) is 42.5 Å². The second kappa shape index (κ2) is 7.55. The molecular formula is C19H13Cl2NO3. The van der Waals surface area contributed by atoms with Crippen molar-refractivity contribution < 1.29 is 14.3 Å². The van der Waals surface area contributed by atoms with Crippen molar-refractivity contribution >= 4 is 51.9 Å². The number of halogens is 2. The molecule has 25 heavy (non-hydrogen) atoms. The van der Waals surface area contributed by atoms with Gasteiger partial charge in [-0.25, -0.2) is 0 Å². The van der Waals surface area contributed by atoms with Crippen LogP contribution in [0.1, 0.15) is 10.4 Å². The summed E-state index contributed by atoms with van der Waals surface area (Å²) in [5.41, 5.74) is 0.875. The lowest BCUT2D eigenvalue weighted by Crippen LogP contribution is -2.20. The Morgan fingerprint density at radius 1 is 1.08 bits per heavy atom. The van der Waals surface area contributed by atoms with Crippen molar-refractivity contribution in [3.63, 3.8) is 0 Å². The zero-order valence-electron chi connectivity index (χ0n) is 13.0. The normalized spacial score (nSPS) is 10.5. The summed E-state index contributed by atoms with van der Waals surface area (Å²) in [4.78, 5) is 23.3. The molecule has 0 atom stereocenters. The van der Waals surface area contributed by atoms with Gasteiger partial charge in [0, 0.05) is 16.1 Å². The first-order valence-electron chi connectivity index (χ1n) is 7.43. The summed E-state index contributed by atoms with van der Waals surface area (Å²) in [5, 5.41) is 5.24. The zero-order valence-corrected chi connectivity index (χ0v) is 14.5. The van der Waals surface area contributed by atoms with E-state index in [2.05, 4.69) is 5.32 Å². The molecule has 0 spiro atoms. The number of fused-ring (bicyclic) bond motifs is 1. The van der Waals surface area contributed by atoms with Crippen LogP contribution in [0.15, 0.2) is 54.6 Å². The van der Waals surface area contributed by atoms with Gasteiger partial charge in [0.2, 0.25) is 0 Å². The van der Waals surface area contributed by atoms with Crippen LogP contribution in [-0.4, -0.2) is 18.8 Å². The van der Waals surface area contributed by atoms with E-state index in [-0.39, 0.29) is 28.8 Å². The van der Waals surface area contributed by atoms with Gasteiger partial charge in [0.05, 0.1) is 10.6 Å². The fourth-order valence-corrected chi connectivity index (χ4v) is 3.04. The van der Waals surface area contributed by atoms with Gasteiger partial charge in [-0.1, -0.05) is 59.6 Å². The van der Waals surface area contributed by atoms with E-state index in [4.69, 9.17) is 27.9 Å². The van der Waals surface area contributed by atoms with Gasteiger partial charge in [-0.15, -0.1) is 0 Å². The van der Waals surface area contributed by atoms with Gasteiger partial charge in [0.25, 0.3) is 5.91 Å². The zero-order chi connectivity index (χ0) is 17.8. The summed E-state index contributed by atoms with van der Waals surface area (Å²) in [6.07, 6.45) is 0.579. The number of amides is 1. The van der Waals surface area contributed by atoms with Crippen molar-refractivity contribution in [3.05, 3.63) is 70.2 Å². The molecule has 0 saturated heterocycles. The summed E-state index contributed by atoms with van der Waals surface area (Å²) >= 11 is 11.9. The fraction of sp³-hybridized carbons (Fsp3) is 0.0526. The van der Waals surface area contributed by atoms with Crippen molar-refractivity contribution in [3.8, 4) is 5.75 Å². The molecule has 3 aromatic carbocycles. The van der Waals surface area contributed by atoms with Crippen molar-refractivity contribution in [2.45, 2.75) is 0 Å². The van der Waals surface area contributed by atoms with Crippen LogP contribution in [0, 0.1) is 0 Å². The average Bonchev–Trinajstić information content (AvgIpc) is 2.60. The molecule has 0 fully saturated rings. The van der Waals surface area contributed by atoms with Crippen LogP contribution in [0.3, 0.4) is 0 Å². The highest BCUT2D eigenvalue weighted by atomic mass is 35.5. The van der Waals surface area contributed by atoms with Crippen LogP contribution >= 0.6 is 23.2 Å². The Morgan fingerprint density at radius 3 is 2.64 bits per heavy atom. The van der Waals surface area contributed by atoms with E-state index in [0.29, 0.717) is 17.0 Å². The first-order chi connectivity index (χ1) is 12.1. The molecule has 0 radical (unpaired) electrons. The molecule has 0 aliphatic rings. The average molecular weight is 374 g/mol. The number of rotatable bonds is 5. The van der Waals surface area contributed by atoms with Gasteiger partial charge in [0.1, 0.15) is 5.75 Å². The molecule has 3 aromatic rings. The van der Waals surface area contributed by atoms with Crippen LogP contribution < -0.4 is 10.1 Å². The van der Waals surface area contributed by atoms with E-state index in [1.165, 1.54) is 12.1 Å². The van der Waals surface area contributed by atoms with Gasteiger partial charge in [0.15, 0.2) is 12.9 Å². The van der Waals surface area contributed by atoms with Gasteiger partial charge >= 0.3 is 0 Å². The lowest BCUT2D eigenvalue weighted by atomic mass is 10.1. The van der Waals surface area contributed by atoms with E-state index < -0.39 is 0 Å². The molecule has 0 aliphatic heterocycles. The summed E-state index contributed by atoms with van der Waals surface area (Å²) in [6.45, 7) is -0.286. The van der Waals surface area contributed by atoms with Crippen LogP contribution in [0.2, 0.25) is 10.0 Å². The highest BCUT2D eigenvalue weighted by Gasteiger charge is 2.13. The Balaban J connectivity index is 1.75. The minimum atomic E-state index is -0.362. The van der Waals surface area contributed by atoms with E-state index in [9.17, 15) is 9.59 Å². The first-order valence-corrected chi connectivity index (χ1v) is 8.18. The number of hydrogen-bond donors (Lipinski definition) is 1. The minimum Gasteiger partial charge on any atom is -0.481 e. The highest BCUT2D eigenvalue weighted by Crippen LogP contribution is 2.31. The lowest BCUT2D eigenvalue weighted by molar-refractivity contribution is -0.118. The number of aldehydes is 1. The molecule has 3 rings (SSSR count). The van der Waals surface area contributed by atoms with Crippen molar-refractivity contribution in [2.24, 2.45) is 0 Å². The maximum atomic E-state index is 12.2. The molecule has 0 saturated carbocycles. The second-order valence-electron chi connectivity index (χ2n) is 5.29. The van der Waals surface area contributed by atoms with E-state index in [1.54, 1.807) is 0 Å². The Bertz CT molecular complexity index is 951. The van der Waals surface area contributed by atoms with E-state index in [0.717, 1.165) is 10.8 Å². The molecular weight excluding hydrogens is 361 g/mol. The molecule has 0 aromatic heterocycles. The lowest BCUT2D eigenvalue weighted by Gasteiger charge is -2.12. The second-order valence-corrected chi connectivity index (χ2v) is 6.13. The molecule has 1 N–H and O–H groups in total. The maximum absolute atomic E-state index is 12.2. The van der Waals surface area contributed by atoms with Gasteiger partial charge in [-0.05, 0) is 23.6 Å². The highest BCUT2D eigenvalue weighted by molar-refractivity contribution is 6.36. The number of anilines is 1. The monoisotopic (exact) mass is 373 g/mol. The van der Waals surface area contributed by atoms with E-state index >= 15 is 0 Å². The van der Waals surface area contributed by atoms with Crippen LogP contribution in [0.4, 0.5) is 5.69 Å². The number of nitrogens with one attached hydrogen (secondary N) is 1. The molecule has 0 heterocycles. The quantitative estimate of drug-likeness (QED) is 0.641. The summed E-state index contributed by atoms with van der Waals surface area (Å²) < 4.78 is 5.43. The molecule has 0 bridgehead atoms. The van der Waals surface area contributed by atoms with Gasteiger partial charge in [-0.2, -0.15) is 0 Å². The van der Waals surface area contributed by atoms with Crippen molar-refractivity contribution in [1.29, 1.82) is 0 Å². The molecule has 1 amide bonds. The Kier molecular flexibility index (Phi) is 5.22. The van der Waals surface area contributed by atoms with Crippen LogP contribution in [0.25, 0.3) is 10.8 Å². The standard InChI is InChI=1S/C19H13Cl2NO3/c20-14-8-13(10-23)19(16(21)9-14)25-11-18(24)22-17-7-3-5-12-4-1-2-6-15(12)17/h1-10H,11H2,(H,22,24). The molecule has 126 valence electrons. The third-order valence-corrected chi connectivity index (χ3v) is 4.07. The predicted molar refractivity (Wildman–Crippen MR) is 99.9 cm³/mol. The minimum absolute atomic E-state index is 0.133. The van der Waals surface area contributed by atoms with Crippen LogP contribution in [0.5, 0.6) is 5.75 Å². The molecule has 0 aliphatic carbocycles. The largest absolute Gasteiger partial charge is 0.481 e. The fourth-order valence-electron chi connectivity index (χ4n) is 2.48. The Morgan fingerprint density at radius 2 is 1.84 bits per heavy atom. The predicted octanol–water partition coefficient (Wildman–Crippen LogP) is 4.98. The van der Waals surface area contributed by atoms with Gasteiger partial charge < -0.3 is 10.1 Å². The van der Waals surface area contributed by atoms with Gasteiger partial charge in [-0.3, -0.25) is 9.59 Å². The first kappa shape index (κ1) is 17.3. The third kappa shape index (κ3) is 3.92. The number of ether oxygens (including phenoxy) is 1. The maximum Gasteiger partial charge on any atom is 0.262 e. The van der Waals surface area contributed by atoms with Crippen LogP contribution in [-0.2, 0) is 4.79 Å². The Labute approximate surface area is 154 Å². The molecule has 6 heteroatoms. The molecule has 4 nitrogen and oxygen atoms in total.